The SMILES string of the molecule is CC(C)(C)C(=O)C[S+]1CCCC1.CC(C)(C)C(=O)C[S+]1CCCCC1.CC(C)(C)C(=O)C[S+]1CCOCC1.CCCC[S+](CCCC)CC(=O)C(C)(C)C.CCCC[S+](CCCC)CC(=O)c1ccccc1.O=C(C[S+]1CCCC1)c1ccc2ccccc2c1.O=C(C[S+]1CCCC1)c1ccccc1.O=C(C[S+]1CCCCC1)c1ccccc1.O=C(C[S+]1CCOCC1)c1ccccc1. The smallest absolute Gasteiger partial charge is 0.211 e. The van der Waals surface area contributed by atoms with Crippen LogP contribution in [0.3, 0.4) is 0 Å². The molecule has 0 bridgehead atoms. The van der Waals surface area contributed by atoms with Gasteiger partial charge < -0.3 is 9.47 Å². The fraction of sp³-hybridized carbons (Fsp3) is 0.623. The lowest BCUT2D eigenvalue weighted by atomic mass is 9.92. The van der Waals surface area contributed by atoms with Gasteiger partial charge in [-0.15, -0.1) is 0 Å². The molecule has 0 atom stereocenters. The van der Waals surface area contributed by atoms with E-state index in [0.29, 0.717) is 139 Å². The Labute approximate surface area is 840 Å². The number of benzene rings is 6. The number of ketones is 9. The number of ether oxygens (including phenoxy) is 2. The molecule has 0 spiro atoms. The molecule has 7 heterocycles. The first-order valence-corrected chi connectivity index (χ1v) is 66.1. The number of Topliss-reactive ketones (excluding diaryl/α,β-unsaturated/α-hetero) is 9. The van der Waals surface area contributed by atoms with Gasteiger partial charge in [-0.3, -0.25) is 43.2 Å². The minimum Gasteiger partial charge on any atom is -0.372 e. The van der Waals surface area contributed by atoms with E-state index in [-0.39, 0.29) is 38.3 Å². The van der Waals surface area contributed by atoms with Crippen molar-refractivity contribution in [1.29, 1.82) is 0 Å². The van der Waals surface area contributed by atoms with Gasteiger partial charge in [-0.2, -0.15) is 0 Å². The molecule has 20 heteroatoms. The Morgan fingerprint density at radius 2 is 0.478 bits per heavy atom. The number of hydrogen-bond acceptors (Lipinski definition) is 11. The van der Waals surface area contributed by atoms with Crippen molar-refractivity contribution in [2.75, 3.05) is 182 Å². The normalized spacial score (nSPS) is 16.5. The summed E-state index contributed by atoms with van der Waals surface area (Å²) in [7, 11) is 3.20. The highest BCUT2D eigenvalue weighted by molar-refractivity contribution is 8.00. The van der Waals surface area contributed by atoms with Gasteiger partial charge in [-0.05, 0) is 207 Å². The van der Waals surface area contributed by atoms with Gasteiger partial charge in [0.05, 0.1) is 26.4 Å². The van der Waals surface area contributed by atoms with Crippen LogP contribution in [-0.4, -0.2) is 234 Å². The first-order chi connectivity index (χ1) is 64.1. The Balaban J connectivity index is 0.000000267. The van der Waals surface area contributed by atoms with Crippen molar-refractivity contribution in [1.82, 2.24) is 0 Å². The molecule has 6 aromatic carbocycles. The van der Waals surface area contributed by atoms with Crippen LogP contribution in [-0.2, 0) is 127 Å². The molecule has 7 aliphatic rings. The van der Waals surface area contributed by atoms with Crippen LogP contribution in [0.2, 0.25) is 0 Å². The van der Waals surface area contributed by atoms with Crippen molar-refractivity contribution in [3.63, 3.8) is 0 Å². The highest BCUT2D eigenvalue weighted by Crippen LogP contribution is 2.27. The molecule has 13 rings (SSSR count). The molecule has 7 saturated heterocycles. The van der Waals surface area contributed by atoms with Gasteiger partial charge in [-0.1, -0.05) is 294 Å². The van der Waals surface area contributed by atoms with Crippen LogP contribution in [0, 0.1) is 21.7 Å². The molecule has 0 radical (unpaired) electrons. The second kappa shape index (κ2) is 68.7. The molecule has 0 amide bonds. The molecular formula is C114H177O11S9+9. The zero-order valence-electron chi connectivity index (χ0n) is 85.8. The first kappa shape index (κ1) is 120. The van der Waals surface area contributed by atoms with E-state index in [9.17, 15) is 43.2 Å². The van der Waals surface area contributed by atoms with Crippen molar-refractivity contribution < 1.29 is 52.6 Å². The van der Waals surface area contributed by atoms with Crippen molar-refractivity contribution in [3.05, 3.63) is 192 Å². The van der Waals surface area contributed by atoms with Gasteiger partial charge in [0, 0.05) is 60.4 Å². The Morgan fingerprint density at radius 1 is 0.246 bits per heavy atom. The third kappa shape index (κ3) is 53.0. The standard InChI is InChI=1S/C16H17OS.C16H25OS.C14H29OS.C13H17OS.C12H15O2S.C12H15OS.C11H21OS.C10H19O2S.C10H19OS/c17-16(12-18-9-3-4-10-18)15-8-7-13-5-1-2-6-14(13)11-15;1-3-5-12-18(13-6-4-2)14-16(17)15-10-8-7-9-11-15;1-6-8-10-16(11-9-7-2)12-13(15)14(3,4)5;14-13(12-7-3-1-4-8-12)11-15-9-5-2-6-10-15;13-12(11-4-2-1-3-5-11)10-15-8-6-14-7-9-15;13-12(10-14-8-4-5-9-14)11-6-2-1-3-7-11;1-11(2,3)10(12)9-13-7-5-4-6-8-13;1-10(2,3)9(11)8-13-6-4-12-5-7-13;1-10(2,3)9(11)8-12-6-4-5-7-12/h1-2,5-8,11H,3-4,9-10,12H2;7-11H,3-6,12-14H2,1-2H3;6-12H2,1-5H3;1,3-4,7-8H,2,5-6,9-11H2;1-5H,6-10H2;1-3,6-7H,4-5,8-10H2;4-9H2,1-3H3;4-8H2,1-3H3;4-8H2,1-3H3/q9*+1. The second-order valence-electron chi connectivity index (χ2n) is 40.2. The summed E-state index contributed by atoms with van der Waals surface area (Å²) in [6, 6.07) is 52.9. The van der Waals surface area contributed by atoms with E-state index in [4.69, 9.17) is 9.47 Å². The Morgan fingerprint density at radius 3 is 0.761 bits per heavy atom. The monoisotopic (exact) mass is 2010 g/mol. The summed E-state index contributed by atoms with van der Waals surface area (Å²) in [5.74, 6) is 32.6. The van der Waals surface area contributed by atoms with E-state index >= 15 is 0 Å². The van der Waals surface area contributed by atoms with Gasteiger partial charge in [0.1, 0.15) is 104 Å². The van der Waals surface area contributed by atoms with Gasteiger partial charge in [0.25, 0.3) is 0 Å². The lowest BCUT2D eigenvalue weighted by Crippen LogP contribution is -2.35. The molecule has 744 valence electrons. The predicted molar refractivity (Wildman–Crippen MR) is 604 cm³/mol. The Hall–Kier alpha value is -4.32. The average molecular weight is 2010 g/mol. The number of rotatable bonds is 35. The van der Waals surface area contributed by atoms with Crippen LogP contribution in [0.5, 0.6) is 0 Å². The molecule has 0 N–H and O–H groups in total. The molecule has 0 unspecified atom stereocenters. The summed E-state index contributed by atoms with van der Waals surface area (Å²) in [6.45, 7) is 36.5. The molecule has 0 saturated carbocycles. The van der Waals surface area contributed by atoms with Crippen LogP contribution in [0.4, 0.5) is 0 Å². The maximum absolute atomic E-state index is 12.3. The van der Waals surface area contributed by atoms with Gasteiger partial charge >= 0.3 is 0 Å². The van der Waals surface area contributed by atoms with E-state index in [0.717, 1.165) is 129 Å². The van der Waals surface area contributed by atoms with E-state index in [1.807, 2.05) is 229 Å². The van der Waals surface area contributed by atoms with Crippen LogP contribution in [0.1, 0.15) is 291 Å². The summed E-state index contributed by atoms with van der Waals surface area (Å²) >= 11 is 0. The largest absolute Gasteiger partial charge is 0.372 e. The molecular weight excluding hydrogens is 1830 g/mol. The third-order valence-corrected chi connectivity index (χ3v) is 45.2. The minimum absolute atomic E-state index is 0.115. The molecule has 0 aromatic heterocycles. The minimum atomic E-state index is -0.161. The van der Waals surface area contributed by atoms with E-state index in [1.165, 1.54) is 214 Å². The highest BCUT2D eigenvalue weighted by atomic mass is 32.2. The molecule has 7 fully saturated rings. The topological polar surface area (TPSA) is 172 Å². The van der Waals surface area contributed by atoms with Crippen LogP contribution in [0.25, 0.3) is 10.8 Å². The lowest BCUT2D eigenvalue weighted by molar-refractivity contribution is -0.124. The van der Waals surface area contributed by atoms with Gasteiger partial charge in [0.15, 0.2) is 74.9 Å². The quantitative estimate of drug-likeness (QED) is 0.0274. The number of hydrogen-bond donors (Lipinski definition) is 0. The van der Waals surface area contributed by atoms with Gasteiger partial charge in [-0.25, -0.2) is 0 Å². The zero-order valence-corrected chi connectivity index (χ0v) is 93.2. The van der Waals surface area contributed by atoms with Crippen molar-refractivity contribution >= 4 is 161 Å². The summed E-state index contributed by atoms with van der Waals surface area (Å²) in [5, 5.41) is 2.37. The number of carbonyl (C=O) groups is 9. The molecule has 11 nitrogen and oxygen atoms in total. The summed E-state index contributed by atoms with van der Waals surface area (Å²) < 4.78 is 10.5. The number of fused-ring (bicyclic) bond motifs is 1. The maximum atomic E-state index is 12.3. The molecule has 0 aliphatic carbocycles. The first-order valence-electron chi connectivity index (χ1n) is 50.5. The predicted octanol–water partition coefficient (Wildman–Crippen LogP) is 23.5. The second-order valence-corrected chi connectivity index (χ2v) is 61.2. The van der Waals surface area contributed by atoms with E-state index in [1.54, 1.807) is 0 Å². The summed E-state index contributed by atoms with van der Waals surface area (Å²) in [6.07, 6.45) is 26.1. The fourth-order valence-corrected chi connectivity index (χ4v) is 35.4. The van der Waals surface area contributed by atoms with Crippen LogP contribution in [0.15, 0.2) is 164 Å². The summed E-state index contributed by atoms with van der Waals surface area (Å²) in [5.41, 5.74) is 3.82. The van der Waals surface area contributed by atoms with Crippen LogP contribution < -0.4 is 0 Å². The molecule has 134 heavy (non-hydrogen) atoms. The van der Waals surface area contributed by atoms with Crippen molar-refractivity contribution in [2.24, 2.45) is 21.7 Å². The van der Waals surface area contributed by atoms with E-state index < -0.39 is 0 Å². The molecule has 7 aliphatic heterocycles. The van der Waals surface area contributed by atoms with Gasteiger partial charge in [0.2, 0.25) is 28.9 Å². The maximum Gasteiger partial charge on any atom is 0.211 e. The lowest BCUT2D eigenvalue weighted by Gasteiger charge is -2.19. The average Bonchev–Trinajstić information content (AvgIpc) is 0.950. The Kier molecular flexibility index (Phi) is 61.6. The highest BCUT2D eigenvalue weighted by Gasteiger charge is 2.37. The number of unbranched alkanes of at least 4 members (excludes halogenated alkanes) is 4. The van der Waals surface area contributed by atoms with Crippen molar-refractivity contribution in [3.8, 4) is 0 Å². The summed E-state index contributed by atoms with van der Waals surface area (Å²) in [4.78, 5) is 107. The fourth-order valence-electron chi connectivity index (χ4n) is 14.7. The van der Waals surface area contributed by atoms with Crippen molar-refractivity contribution in [2.45, 2.75) is 239 Å². The molecule has 6 aromatic rings. The zero-order chi connectivity index (χ0) is 98.0. The Bertz CT molecular complexity index is 4100. The third-order valence-electron chi connectivity index (χ3n) is 24.1. The van der Waals surface area contributed by atoms with Crippen LogP contribution >= 0.6 is 0 Å². The number of carbonyl (C=O) groups excluding carboxylic acids is 9. The van der Waals surface area contributed by atoms with E-state index in [2.05, 4.69) is 45.9 Å².